The van der Waals surface area contributed by atoms with Crippen LogP contribution in [-0.2, 0) is 6.42 Å². The van der Waals surface area contributed by atoms with Crippen LogP contribution in [0, 0.1) is 17.6 Å². The minimum atomic E-state index is -1.05. The predicted octanol–water partition coefficient (Wildman–Crippen LogP) is 7.06. The Hall–Kier alpha value is -2.23. The maximum absolute atomic E-state index is 14.8. The van der Waals surface area contributed by atoms with E-state index in [1.807, 2.05) is 6.08 Å². The monoisotopic (exact) mass is 374 g/mol. The Kier molecular flexibility index (Phi) is 5.64. The molecule has 27 heavy (non-hydrogen) atoms. The highest BCUT2D eigenvalue weighted by molar-refractivity contribution is 5.51. The van der Waals surface area contributed by atoms with E-state index < -0.39 is 17.5 Å². The van der Waals surface area contributed by atoms with Gasteiger partial charge in [-0.2, -0.15) is 4.39 Å². The lowest BCUT2D eigenvalue weighted by Gasteiger charge is -2.29. The Balaban J connectivity index is 1.96. The number of rotatable bonds is 4. The van der Waals surface area contributed by atoms with E-state index in [9.17, 15) is 13.2 Å². The standard InChI is InChI=1S/C23H25F3O/c1-5-13(3)19(24)22-14(4)11-17-12-18(20(25)21(26)23(17)27-22)16-9-7-15(6-2)8-10-16/h6,12,15-16H,2-5,7-11H2,1H3/b22-19-. The highest BCUT2D eigenvalue weighted by Crippen LogP contribution is 2.43. The zero-order valence-electron chi connectivity index (χ0n) is 15.7. The van der Waals surface area contributed by atoms with Crippen LogP contribution >= 0.6 is 0 Å². The van der Waals surface area contributed by atoms with Gasteiger partial charge in [0.05, 0.1) is 0 Å². The first-order valence-electron chi connectivity index (χ1n) is 9.44. The van der Waals surface area contributed by atoms with Crippen molar-refractivity contribution in [2.45, 2.75) is 51.4 Å². The Morgan fingerprint density at radius 3 is 2.48 bits per heavy atom. The highest BCUT2D eigenvalue weighted by Gasteiger charge is 2.31. The van der Waals surface area contributed by atoms with Crippen molar-refractivity contribution < 1.29 is 17.9 Å². The van der Waals surface area contributed by atoms with Crippen LogP contribution in [0.2, 0.25) is 0 Å². The average molecular weight is 374 g/mol. The Morgan fingerprint density at radius 1 is 1.22 bits per heavy atom. The molecule has 1 aliphatic carbocycles. The summed E-state index contributed by atoms with van der Waals surface area (Å²) >= 11 is 0. The number of ether oxygens (including phenoxy) is 1. The fourth-order valence-corrected chi connectivity index (χ4v) is 3.89. The number of hydrogen-bond donors (Lipinski definition) is 0. The quantitative estimate of drug-likeness (QED) is 0.513. The average Bonchev–Trinajstić information content (AvgIpc) is 2.69. The van der Waals surface area contributed by atoms with Gasteiger partial charge >= 0.3 is 0 Å². The maximum atomic E-state index is 14.8. The van der Waals surface area contributed by atoms with Crippen LogP contribution in [0.5, 0.6) is 5.75 Å². The smallest absolute Gasteiger partial charge is 0.201 e. The number of halogens is 3. The molecule has 1 aliphatic heterocycles. The van der Waals surface area contributed by atoms with Crippen LogP contribution < -0.4 is 4.74 Å². The number of benzene rings is 1. The SMILES string of the molecule is C=CC1CCC(c2cc3c(c(F)c2F)O/C(=C(\F)C(=C)CC)C(=C)C3)CC1. The molecular formula is C23H25F3O. The zero-order valence-corrected chi connectivity index (χ0v) is 15.7. The second-order valence-electron chi connectivity index (χ2n) is 7.41. The summed E-state index contributed by atoms with van der Waals surface area (Å²) < 4.78 is 49.5. The van der Waals surface area contributed by atoms with Gasteiger partial charge in [-0.1, -0.05) is 26.2 Å². The second kappa shape index (κ2) is 7.79. The van der Waals surface area contributed by atoms with Crippen molar-refractivity contribution in [2.24, 2.45) is 5.92 Å². The van der Waals surface area contributed by atoms with Crippen molar-refractivity contribution in [3.8, 4) is 5.75 Å². The summed E-state index contributed by atoms with van der Waals surface area (Å²) in [5.41, 5.74) is 1.54. The van der Waals surface area contributed by atoms with Crippen molar-refractivity contribution in [2.75, 3.05) is 0 Å². The number of fused-ring (bicyclic) bond motifs is 1. The van der Waals surface area contributed by atoms with Gasteiger partial charge in [0, 0.05) is 12.0 Å². The van der Waals surface area contributed by atoms with Crippen LogP contribution in [0.1, 0.15) is 56.1 Å². The van der Waals surface area contributed by atoms with E-state index in [4.69, 9.17) is 4.74 Å². The third kappa shape index (κ3) is 3.62. The molecule has 0 unspecified atom stereocenters. The maximum Gasteiger partial charge on any atom is 0.201 e. The normalized spacial score (nSPS) is 24.1. The molecule has 2 aliphatic rings. The molecule has 144 valence electrons. The molecule has 0 bridgehead atoms. The Bertz CT molecular complexity index is 827. The molecule has 1 nitrogen and oxygen atoms in total. The third-order valence-electron chi connectivity index (χ3n) is 5.68. The molecule has 1 fully saturated rings. The molecule has 0 spiro atoms. The summed E-state index contributed by atoms with van der Waals surface area (Å²) in [5, 5.41) is 0. The fourth-order valence-electron chi connectivity index (χ4n) is 3.89. The van der Waals surface area contributed by atoms with Crippen LogP contribution in [0.25, 0.3) is 0 Å². The van der Waals surface area contributed by atoms with Crippen molar-refractivity contribution in [3.05, 3.63) is 77.4 Å². The van der Waals surface area contributed by atoms with Crippen molar-refractivity contribution >= 4 is 0 Å². The van der Waals surface area contributed by atoms with E-state index in [0.29, 0.717) is 29.0 Å². The second-order valence-corrected chi connectivity index (χ2v) is 7.41. The molecule has 1 aromatic carbocycles. The van der Waals surface area contributed by atoms with Crippen molar-refractivity contribution in [1.29, 1.82) is 0 Å². The zero-order chi connectivity index (χ0) is 19.7. The summed E-state index contributed by atoms with van der Waals surface area (Å²) in [4.78, 5) is 0. The van der Waals surface area contributed by atoms with Crippen LogP contribution in [0.4, 0.5) is 13.2 Å². The van der Waals surface area contributed by atoms with E-state index in [-0.39, 0.29) is 29.4 Å². The van der Waals surface area contributed by atoms with Gasteiger partial charge in [0.2, 0.25) is 5.82 Å². The van der Waals surface area contributed by atoms with Crippen LogP contribution in [0.3, 0.4) is 0 Å². The Morgan fingerprint density at radius 2 is 1.89 bits per heavy atom. The minimum absolute atomic E-state index is 0.0252. The Labute approximate surface area is 158 Å². The van der Waals surface area contributed by atoms with Gasteiger partial charge in [-0.25, -0.2) is 8.78 Å². The van der Waals surface area contributed by atoms with Gasteiger partial charge < -0.3 is 4.74 Å². The van der Waals surface area contributed by atoms with E-state index in [1.165, 1.54) is 0 Å². The topological polar surface area (TPSA) is 9.23 Å². The summed E-state index contributed by atoms with van der Waals surface area (Å²) in [7, 11) is 0. The fraction of sp³-hybridized carbons (Fsp3) is 0.391. The van der Waals surface area contributed by atoms with Gasteiger partial charge in [-0.05, 0) is 66.7 Å². The summed E-state index contributed by atoms with van der Waals surface area (Å²) in [5.74, 6) is -2.56. The molecule has 0 saturated heterocycles. The van der Waals surface area contributed by atoms with Gasteiger partial charge in [-0.3, -0.25) is 0 Å². The molecule has 4 heteroatoms. The van der Waals surface area contributed by atoms with E-state index in [2.05, 4.69) is 19.7 Å². The molecule has 0 N–H and O–H groups in total. The lowest BCUT2D eigenvalue weighted by atomic mass is 9.78. The molecule has 0 radical (unpaired) electrons. The largest absolute Gasteiger partial charge is 0.450 e. The molecular weight excluding hydrogens is 349 g/mol. The van der Waals surface area contributed by atoms with Crippen LogP contribution in [0.15, 0.2) is 54.6 Å². The third-order valence-corrected chi connectivity index (χ3v) is 5.68. The number of hydrogen-bond acceptors (Lipinski definition) is 1. The molecule has 1 saturated carbocycles. The number of allylic oxidation sites excluding steroid dienone is 4. The van der Waals surface area contributed by atoms with Gasteiger partial charge in [-0.15, -0.1) is 6.58 Å². The van der Waals surface area contributed by atoms with Crippen LogP contribution in [-0.4, -0.2) is 0 Å². The van der Waals surface area contributed by atoms with Gasteiger partial charge in [0.1, 0.15) is 0 Å². The van der Waals surface area contributed by atoms with E-state index in [1.54, 1.807) is 13.0 Å². The van der Waals surface area contributed by atoms with Gasteiger partial charge in [0.25, 0.3) is 0 Å². The predicted molar refractivity (Wildman–Crippen MR) is 102 cm³/mol. The van der Waals surface area contributed by atoms with E-state index in [0.717, 1.165) is 25.7 Å². The first-order valence-corrected chi connectivity index (χ1v) is 9.44. The molecule has 0 amide bonds. The van der Waals surface area contributed by atoms with Crippen molar-refractivity contribution in [1.82, 2.24) is 0 Å². The molecule has 3 rings (SSSR count). The van der Waals surface area contributed by atoms with Crippen molar-refractivity contribution in [3.63, 3.8) is 0 Å². The molecule has 0 aromatic heterocycles. The first kappa shape index (κ1) is 19.5. The lowest BCUT2D eigenvalue weighted by molar-refractivity contribution is 0.341. The molecule has 0 atom stereocenters. The first-order chi connectivity index (χ1) is 12.9. The van der Waals surface area contributed by atoms with Gasteiger partial charge in [0.15, 0.2) is 23.2 Å². The van der Waals surface area contributed by atoms with E-state index >= 15 is 0 Å². The highest BCUT2D eigenvalue weighted by atomic mass is 19.2. The summed E-state index contributed by atoms with van der Waals surface area (Å²) in [6, 6.07) is 1.67. The molecule has 1 aromatic rings. The summed E-state index contributed by atoms with van der Waals surface area (Å²) in [6.07, 6.45) is 5.99. The molecule has 1 heterocycles. The summed E-state index contributed by atoms with van der Waals surface area (Å²) in [6.45, 7) is 13.1. The minimum Gasteiger partial charge on any atom is -0.450 e. The lowest BCUT2D eigenvalue weighted by Crippen LogP contribution is -2.18.